The van der Waals surface area contributed by atoms with Crippen LogP contribution in [-0.2, 0) is 20.9 Å². The minimum Gasteiger partial charge on any atom is -0.468 e. The zero-order chi connectivity index (χ0) is 15.8. The zero-order valence-corrected chi connectivity index (χ0v) is 12.9. The Balaban J connectivity index is 2.81. The third-order valence-corrected chi connectivity index (χ3v) is 3.12. The van der Waals surface area contributed by atoms with Crippen LogP contribution >= 0.6 is 0 Å². The summed E-state index contributed by atoms with van der Waals surface area (Å²) in [5.74, 6) is -0.352. The van der Waals surface area contributed by atoms with Gasteiger partial charge in [-0.3, -0.25) is 9.59 Å². The van der Waals surface area contributed by atoms with Gasteiger partial charge < -0.3 is 15.4 Å². The third kappa shape index (κ3) is 5.95. The Hall–Kier alpha value is -1.88. The molecule has 0 aliphatic rings. The molecule has 116 valence electrons. The van der Waals surface area contributed by atoms with Crippen molar-refractivity contribution < 1.29 is 14.3 Å². The Bertz CT molecular complexity index is 460. The molecule has 1 rings (SSSR count). The summed E-state index contributed by atoms with van der Waals surface area (Å²) in [4.78, 5) is 25.4. The summed E-state index contributed by atoms with van der Waals surface area (Å²) in [5, 5.41) is 0. The molecule has 5 nitrogen and oxygen atoms in total. The second-order valence-electron chi connectivity index (χ2n) is 5.49. The Morgan fingerprint density at radius 1 is 1.24 bits per heavy atom. The van der Waals surface area contributed by atoms with E-state index in [0.29, 0.717) is 18.9 Å². The molecule has 21 heavy (non-hydrogen) atoms. The summed E-state index contributed by atoms with van der Waals surface area (Å²) in [6.07, 6.45) is 0.589. The van der Waals surface area contributed by atoms with E-state index in [4.69, 9.17) is 5.73 Å². The lowest BCUT2D eigenvalue weighted by Crippen LogP contribution is -2.46. The fraction of sp³-hybridized carbons (Fsp3) is 0.500. The highest BCUT2D eigenvalue weighted by atomic mass is 16.5. The molecular formula is C16H24N2O3. The largest absolute Gasteiger partial charge is 0.468 e. The van der Waals surface area contributed by atoms with E-state index in [9.17, 15) is 9.59 Å². The molecule has 0 radical (unpaired) electrons. The SMILES string of the molecule is COC(=O)CN(Cc1ccccc1)C(=O)C(N)CC(C)C. The van der Waals surface area contributed by atoms with Crippen molar-refractivity contribution in [3.8, 4) is 0 Å². The van der Waals surface area contributed by atoms with E-state index >= 15 is 0 Å². The first-order valence-corrected chi connectivity index (χ1v) is 7.09. The summed E-state index contributed by atoms with van der Waals surface area (Å²) in [6, 6.07) is 8.91. The number of hydrogen-bond donors (Lipinski definition) is 1. The number of rotatable bonds is 7. The van der Waals surface area contributed by atoms with Crippen molar-refractivity contribution >= 4 is 11.9 Å². The van der Waals surface area contributed by atoms with Gasteiger partial charge in [0, 0.05) is 6.54 Å². The van der Waals surface area contributed by atoms with E-state index in [1.165, 1.54) is 12.0 Å². The molecule has 5 heteroatoms. The number of nitrogens with zero attached hydrogens (tertiary/aromatic N) is 1. The van der Waals surface area contributed by atoms with Crippen molar-refractivity contribution in [3.63, 3.8) is 0 Å². The molecule has 0 saturated carbocycles. The maximum absolute atomic E-state index is 12.4. The number of carbonyl (C=O) groups is 2. The van der Waals surface area contributed by atoms with Crippen LogP contribution in [0.25, 0.3) is 0 Å². The first-order chi connectivity index (χ1) is 9.93. The van der Waals surface area contributed by atoms with Crippen LogP contribution in [0, 0.1) is 5.92 Å². The summed E-state index contributed by atoms with van der Waals surface area (Å²) in [5.41, 5.74) is 6.90. The van der Waals surface area contributed by atoms with Crippen molar-refractivity contribution in [1.29, 1.82) is 0 Å². The second kappa shape index (κ2) is 8.42. The lowest BCUT2D eigenvalue weighted by atomic mass is 10.0. The molecule has 1 aromatic rings. The van der Waals surface area contributed by atoms with E-state index in [2.05, 4.69) is 4.74 Å². The van der Waals surface area contributed by atoms with Gasteiger partial charge in [-0.25, -0.2) is 0 Å². The van der Waals surface area contributed by atoms with Crippen LogP contribution in [0.4, 0.5) is 0 Å². The molecule has 2 N–H and O–H groups in total. The van der Waals surface area contributed by atoms with Crippen molar-refractivity contribution in [2.75, 3.05) is 13.7 Å². The highest BCUT2D eigenvalue weighted by Crippen LogP contribution is 2.10. The molecule has 0 aliphatic carbocycles. The number of hydrogen-bond acceptors (Lipinski definition) is 4. The van der Waals surface area contributed by atoms with Crippen LogP contribution in [0.3, 0.4) is 0 Å². The highest BCUT2D eigenvalue weighted by molar-refractivity contribution is 5.85. The zero-order valence-electron chi connectivity index (χ0n) is 12.9. The van der Waals surface area contributed by atoms with Gasteiger partial charge in [0.25, 0.3) is 0 Å². The van der Waals surface area contributed by atoms with Gasteiger partial charge in [-0.2, -0.15) is 0 Å². The molecule has 0 bridgehead atoms. The van der Waals surface area contributed by atoms with Gasteiger partial charge in [0.05, 0.1) is 13.2 Å². The quantitative estimate of drug-likeness (QED) is 0.774. The molecule has 0 saturated heterocycles. The number of amides is 1. The smallest absolute Gasteiger partial charge is 0.325 e. The standard InChI is InChI=1S/C16H24N2O3/c1-12(2)9-14(17)16(20)18(11-15(19)21-3)10-13-7-5-4-6-8-13/h4-8,12,14H,9-11,17H2,1-3H3. The number of nitrogens with two attached hydrogens (primary N) is 1. The van der Waals surface area contributed by atoms with Crippen molar-refractivity contribution in [3.05, 3.63) is 35.9 Å². The number of methoxy groups -OCH3 is 1. The molecular weight excluding hydrogens is 268 g/mol. The van der Waals surface area contributed by atoms with Gasteiger partial charge in [-0.1, -0.05) is 44.2 Å². The maximum Gasteiger partial charge on any atom is 0.325 e. The van der Waals surface area contributed by atoms with Crippen LogP contribution in [-0.4, -0.2) is 36.5 Å². The molecule has 1 unspecified atom stereocenters. The monoisotopic (exact) mass is 292 g/mol. The molecule has 0 heterocycles. The Labute approximate surface area is 126 Å². The van der Waals surface area contributed by atoms with E-state index in [1.807, 2.05) is 44.2 Å². The van der Waals surface area contributed by atoms with Gasteiger partial charge in [0.15, 0.2) is 0 Å². The predicted octanol–water partition coefficient (Wildman–Crippen LogP) is 1.56. The lowest BCUT2D eigenvalue weighted by Gasteiger charge is -2.25. The average Bonchev–Trinajstić information content (AvgIpc) is 2.46. The average molecular weight is 292 g/mol. The Morgan fingerprint density at radius 2 is 1.86 bits per heavy atom. The van der Waals surface area contributed by atoms with Gasteiger partial charge >= 0.3 is 5.97 Å². The Kier molecular flexibility index (Phi) is 6.88. The summed E-state index contributed by atoms with van der Waals surface area (Å²) < 4.78 is 4.66. The number of ether oxygens (including phenoxy) is 1. The molecule has 0 spiro atoms. The lowest BCUT2D eigenvalue weighted by molar-refractivity contribution is -0.148. The molecule has 1 amide bonds. The van der Waals surface area contributed by atoms with E-state index < -0.39 is 12.0 Å². The van der Waals surface area contributed by atoms with E-state index in [1.54, 1.807) is 0 Å². The third-order valence-electron chi connectivity index (χ3n) is 3.12. The molecule has 1 aromatic carbocycles. The maximum atomic E-state index is 12.4. The number of carbonyl (C=O) groups excluding carboxylic acids is 2. The van der Waals surface area contributed by atoms with Gasteiger partial charge in [-0.15, -0.1) is 0 Å². The Morgan fingerprint density at radius 3 is 2.38 bits per heavy atom. The summed E-state index contributed by atoms with van der Waals surface area (Å²) >= 11 is 0. The fourth-order valence-corrected chi connectivity index (χ4v) is 2.08. The number of benzene rings is 1. The van der Waals surface area contributed by atoms with E-state index in [0.717, 1.165) is 5.56 Å². The highest BCUT2D eigenvalue weighted by Gasteiger charge is 2.24. The minimum atomic E-state index is -0.599. The summed E-state index contributed by atoms with van der Waals surface area (Å²) in [6.45, 7) is 4.28. The minimum absolute atomic E-state index is 0.0873. The number of esters is 1. The first-order valence-electron chi connectivity index (χ1n) is 7.09. The van der Waals surface area contributed by atoms with Gasteiger partial charge in [0.1, 0.15) is 6.54 Å². The first kappa shape index (κ1) is 17.2. The molecule has 0 aromatic heterocycles. The van der Waals surface area contributed by atoms with Crippen LogP contribution in [0.15, 0.2) is 30.3 Å². The van der Waals surface area contributed by atoms with Crippen LogP contribution < -0.4 is 5.73 Å². The van der Waals surface area contributed by atoms with Crippen LogP contribution in [0.5, 0.6) is 0 Å². The van der Waals surface area contributed by atoms with Gasteiger partial charge in [0.2, 0.25) is 5.91 Å². The van der Waals surface area contributed by atoms with Crippen LogP contribution in [0.1, 0.15) is 25.8 Å². The van der Waals surface area contributed by atoms with E-state index in [-0.39, 0.29) is 12.5 Å². The van der Waals surface area contributed by atoms with Crippen molar-refractivity contribution in [1.82, 2.24) is 4.90 Å². The topological polar surface area (TPSA) is 72.6 Å². The van der Waals surface area contributed by atoms with Crippen LogP contribution in [0.2, 0.25) is 0 Å². The van der Waals surface area contributed by atoms with Crippen molar-refractivity contribution in [2.24, 2.45) is 11.7 Å². The molecule has 0 aliphatic heterocycles. The van der Waals surface area contributed by atoms with Crippen molar-refractivity contribution in [2.45, 2.75) is 32.9 Å². The summed E-state index contributed by atoms with van der Waals surface area (Å²) in [7, 11) is 1.31. The predicted molar refractivity (Wildman–Crippen MR) is 81.3 cm³/mol. The fourth-order valence-electron chi connectivity index (χ4n) is 2.08. The second-order valence-corrected chi connectivity index (χ2v) is 5.49. The normalized spacial score (nSPS) is 12.0. The molecule has 0 fully saturated rings. The molecule has 1 atom stereocenters. The van der Waals surface area contributed by atoms with Gasteiger partial charge in [-0.05, 0) is 17.9 Å².